The highest BCUT2D eigenvalue weighted by molar-refractivity contribution is 7.60. The quantitative estimate of drug-likeness (QED) is 0.617. The number of phenolic OH excluding ortho intramolecular Hbond substituents is 1. The summed E-state index contributed by atoms with van der Waals surface area (Å²) >= 11 is 0. The lowest BCUT2D eigenvalue weighted by atomic mass is 10.1. The normalized spacial score (nSPS) is 14.4. The van der Waals surface area contributed by atoms with Gasteiger partial charge in [0.05, 0.1) is 5.69 Å². The van der Waals surface area contributed by atoms with Crippen LogP contribution in [0.2, 0.25) is 0 Å². The average Bonchev–Trinajstić information content (AvgIpc) is 2.38. The fourth-order valence-corrected chi connectivity index (χ4v) is 2.13. The molecule has 0 atom stereocenters. The lowest BCUT2D eigenvalue weighted by molar-refractivity contribution is 0.198. The Morgan fingerprint density at radius 2 is 2.16 bits per heavy atom. The maximum Gasteiger partial charge on any atom is 0.300 e. The van der Waals surface area contributed by atoms with E-state index in [1.165, 1.54) is 23.9 Å². The number of rotatable bonds is 3. The Hall–Kier alpha value is -1.95. The third-order valence-corrected chi connectivity index (χ3v) is 3.80. The Kier molecular flexibility index (Phi) is 3.53. The van der Waals surface area contributed by atoms with Crippen molar-refractivity contribution in [1.29, 1.82) is 0 Å². The highest BCUT2D eigenvalue weighted by Gasteiger charge is 2.22. The van der Waals surface area contributed by atoms with Gasteiger partial charge in [-0.15, -0.1) is 0 Å². The molecule has 0 aromatic heterocycles. The van der Waals surface area contributed by atoms with Gasteiger partial charge in [-0.05, 0) is 30.4 Å². The van der Waals surface area contributed by atoms with Crippen LogP contribution in [0.3, 0.4) is 0 Å². The van der Waals surface area contributed by atoms with Gasteiger partial charge in [-0.1, -0.05) is 0 Å². The molecule has 0 amide bonds. The van der Waals surface area contributed by atoms with Gasteiger partial charge in [0.15, 0.2) is 5.76 Å². The molecular formula is C11H15N4O3P. The van der Waals surface area contributed by atoms with E-state index >= 15 is 0 Å². The van der Waals surface area contributed by atoms with Gasteiger partial charge in [0, 0.05) is 18.8 Å². The predicted molar refractivity (Wildman–Crippen MR) is 73.8 cm³/mol. The maximum atomic E-state index is 11.8. The molecule has 19 heavy (non-hydrogen) atoms. The van der Waals surface area contributed by atoms with E-state index in [4.69, 9.17) is 15.8 Å². The van der Waals surface area contributed by atoms with E-state index in [2.05, 4.69) is 5.48 Å². The molecule has 0 radical (unpaired) electrons. The first-order chi connectivity index (χ1) is 8.89. The summed E-state index contributed by atoms with van der Waals surface area (Å²) in [5.74, 6) is 0.503. The third-order valence-electron chi connectivity index (χ3n) is 2.64. The lowest BCUT2D eigenvalue weighted by Crippen LogP contribution is -2.25. The number of nitrogens with one attached hydrogen (secondary N) is 1. The van der Waals surface area contributed by atoms with Gasteiger partial charge >= 0.3 is 0 Å². The summed E-state index contributed by atoms with van der Waals surface area (Å²) in [6.45, 7) is 0. The van der Waals surface area contributed by atoms with Gasteiger partial charge in [-0.2, -0.15) is 0 Å². The Morgan fingerprint density at radius 1 is 1.42 bits per heavy atom. The van der Waals surface area contributed by atoms with Crippen LogP contribution in [0.25, 0.3) is 5.76 Å². The second kappa shape index (κ2) is 4.97. The van der Waals surface area contributed by atoms with Gasteiger partial charge < -0.3 is 14.6 Å². The summed E-state index contributed by atoms with van der Waals surface area (Å²) in [6, 6.07) is 4.51. The number of nitrogens with two attached hydrogens (primary N) is 2. The minimum absolute atomic E-state index is 0.0510. The van der Waals surface area contributed by atoms with Crippen molar-refractivity contribution in [3.8, 4) is 5.75 Å². The molecule has 7 nitrogen and oxygen atoms in total. The second-order valence-electron chi connectivity index (χ2n) is 4.01. The van der Waals surface area contributed by atoms with Crippen LogP contribution in [-0.2, 0) is 9.40 Å². The second-order valence-corrected chi connectivity index (χ2v) is 5.95. The van der Waals surface area contributed by atoms with Crippen LogP contribution < -0.4 is 21.2 Å². The van der Waals surface area contributed by atoms with Crippen LogP contribution >= 0.6 is 7.59 Å². The van der Waals surface area contributed by atoms with Crippen molar-refractivity contribution in [2.75, 3.05) is 11.7 Å². The first-order valence-corrected chi connectivity index (χ1v) is 7.23. The van der Waals surface area contributed by atoms with Crippen molar-refractivity contribution < 1.29 is 14.5 Å². The molecule has 0 aliphatic carbocycles. The molecule has 1 aliphatic heterocycles. The van der Waals surface area contributed by atoms with Gasteiger partial charge in [-0.25, -0.2) is 5.48 Å². The van der Waals surface area contributed by atoms with Crippen LogP contribution in [0.4, 0.5) is 5.69 Å². The number of phenols is 1. The summed E-state index contributed by atoms with van der Waals surface area (Å²) in [6.07, 6.45) is 5.03. The van der Waals surface area contributed by atoms with Gasteiger partial charge in [-0.3, -0.25) is 15.6 Å². The zero-order valence-electron chi connectivity index (χ0n) is 10.3. The molecule has 8 heteroatoms. The standard InChI is InChI=1S/C11H15N4O3P/c1-15(19(12,13)17)10-5-4-8(16)7-9(10)11-3-2-6-14-18-11/h2-7,14,16H,1H3,(H4,12,13,17). The highest BCUT2D eigenvalue weighted by Crippen LogP contribution is 2.40. The number of hydrogen-bond acceptors (Lipinski definition) is 4. The first-order valence-electron chi connectivity index (χ1n) is 5.43. The van der Waals surface area contributed by atoms with E-state index < -0.39 is 7.59 Å². The van der Waals surface area contributed by atoms with Crippen molar-refractivity contribution in [1.82, 2.24) is 5.48 Å². The minimum Gasteiger partial charge on any atom is -0.508 e. The molecule has 0 bridgehead atoms. The van der Waals surface area contributed by atoms with Gasteiger partial charge in [0.2, 0.25) is 0 Å². The molecule has 1 aromatic carbocycles. The van der Waals surface area contributed by atoms with Crippen LogP contribution in [0.1, 0.15) is 5.56 Å². The molecule has 102 valence electrons. The summed E-state index contributed by atoms with van der Waals surface area (Å²) < 4.78 is 13.0. The molecule has 1 heterocycles. The molecule has 0 unspecified atom stereocenters. The average molecular weight is 282 g/mol. The number of nitrogens with zero attached hydrogens (tertiary/aromatic N) is 1. The Balaban J connectivity index is 2.53. The molecule has 1 aromatic rings. The molecule has 0 saturated carbocycles. The van der Waals surface area contributed by atoms with E-state index in [1.807, 2.05) is 0 Å². The Bertz CT molecular complexity index is 594. The van der Waals surface area contributed by atoms with Crippen LogP contribution in [-0.4, -0.2) is 12.2 Å². The van der Waals surface area contributed by atoms with E-state index in [9.17, 15) is 9.67 Å². The van der Waals surface area contributed by atoms with Crippen molar-refractivity contribution in [2.45, 2.75) is 0 Å². The fraction of sp³-hybridized carbons (Fsp3) is 0.0909. The summed E-state index contributed by atoms with van der Waals surface area (Å²) in [7, 11) is -1.92. The minimum atomic E-state index is -3.44. The van der Waals surface area contributed by atoms with Crippen LogP contribution in [0, 0.1) is 0 Å². The van der Waals surface area contributed by atoms with E-state index in [-0.39, 0.29) is 5.75 Å². The largest absolute Gasteiger partial charge is 0.508 e. The molecular weight excluding hydrogens is 267 g/mol. The first kappa shape index (κ1) is 13.5. The smallest absolute Gasteiger partial charge is 0.300 e. The molecule has 0 fully saturated rings. The third kappa shape index (κ3) is 2.90. The summed E-state index contributed by atoms with van der Waals surface area (Å²) in [4.78, 5) is 5.24. The van der Waals surface area contributed by atoms with Crippen molar-refractivity contribution in [3.05, 3.63) is 42.1 Å². The number of hydroxylamine groups is 1. The van der Waals surface area contributed by atoms with Crippen molar-refractivity contribution >= 4 is 19.0 Å². The van der Waals surface area contributed by atoms with Crippen LogP contribution in [0.15, 0.2) is 36.6 Å². The topological polar surface area (TPSA) is 114 Å². The zero-order valence-corrected chi connectivity index (χ0v) is 11.2. The number of allylic oxidation sites excluding steroid dienone is 2. The Labute approximate surface area is 110 Å². The lowest BCUT2D eigenvalue weighted by Gasteiger charge is -2.26. The Morgan fingerprint density at radius 3 is 2.74 bits per heavy atom. The molecule has 0 saturated heterocycles. The molecule has 0 spiro atoms. The van der Waals surface area contributed by atoms with E-state index in [1.54, 1.807) is 24.4 Å². The maximum absolute atomic E-state index is 11.8. The van der Waals surface area contributed by atoms with E-state index in [0.29, 0.717) is 17.0 Å². The molecule has 6 N–H and O–H groups in total. The highest BCUT2D eigenvalue weighted by atomic mass is 31.2. The zero-order chi connectivity index (χ0) is 14.0. The fourth-order valence-electron chi connectivity index (χ4n) is 1.62. The van der Waals surface area contributed by atoms with Crippen LogP contribution in [0.5, 0.6) is 5.75 Å². The number of hydrogen-bond donors (Lipinski definition) is 4. The summed E-state index contributed by atoms with van der Waals surface area (Å²) in [5.41, 5.74) is 14.5. The van der Waals surface area contributed by atoms with Gasteiger partial charge in [0.1, 0.15) is 5.75 Å². The number of anilines is 1. The van der Waals surface area contributed by atoms with Crippen molar-refractivity contribution in [3.63, 3.8) is 0 Å². The number of benzene rings is 1. The number of aromatic hydroxyl groups is 1. The molecule has 2 rings (SSSR count). The van der Waals surface area contributed by atoms with E-state index in [0.717, 1.165) is 0 Å². The summed E-state index contributed by atoms with van der Waals surface area (Å²) in [5, 5.41) is 9.58. The monoisotopic (exact) mass is 282 g/mol. The molecule has 1 aliphatic rings. The SMILES string of the molecule is CN(c1ccc(O)cc1C1=CC=CNO1)P(N)(N)=O. The predicted octanol–water partition coefficient (Wildman–Crippen LogP) is 1.24. The van der Waals surface area contributed by atoms with Crippen molar-refractivity contribution in [2.24, 2.45) is 11.0 Å². The van der Waals surface area contributed by atoms with Gasteiger partial charge in [0.25, 0.3) is 7.59 Å².